The van der Waals surface area contributed by atoms with Crippen molar-refractivity contribution >= 4 is 10.9 Å². The molecule has 3 rings (SSSR count). The first kappa shape index (κ1) is 8.80. The zero-order chi connectivity index (χ0) is 10.5. The second-order valence-corrected chi connectivity index (χ2v) is 4.41. The zero-order valence-electron chi connectivity index (χ0n) is 8.46. The van der Waals surface area contributed by atoms with E-state index >= 15 is 0 Å². The summed E-state index contributed by atoms with van der Waals surface area (Å²) < 4.78 is 0. The van der Waals surface area contributed by atoms with Crippen LogP contribution in [0.5, 0.6) is 5.75 Å². The predicted molar refractivity (Wildman–Crippen MR) is 59.7 cm³/mol. The summed E-state index contributed by atoms with van der Waals surface area (Å²) in [5.74, 6) is 0.343. The van der Waals surface area contributed by atoms with Gasteiger partial charge in [0.2, 0.25) is 0 Å². The van der Waals surface area contributed by atoms with Crippen LogP contribution in [0, 0.1) is 0 Å². The number of phenolic OH excluding ortho intramolecular Hbond substituents is 1. The van der Waals surface area contributed by atoms with Crippen LogP contribution in [-0.4, -0.2) is 10.1 Å². The SMILES string of the molecule is NC1(c2ccc3[nH]ccc3c2O)CCC1. The van der Waals surface area contributed by atoms with Gasteiger partial charge in [-0.3, -0.25) is 0 Å². The lowest BCUT2D eigenvalue weighted by atomic mass is 9.72. The molecule has 0 unspecified atom stereocenters. The Balaban J connectivity index is 2.22. The predicted octanol–water partition coefficient (Wildman–Crippen LogP) is 2.21. The fourth-order valence-corrected chi connectivity index (χ4v) is 2.35. The van der Waals surface area contributed by atoms with Crippen LogP contribution >= 0.6 is 0 Å². The summed E-state index contributed by atoms with van der Waals surface area (Å²) in [7, 11) is 0. The molecule has 1 aromatic heterocycles. The minimum Gasteiger partial charge on any atom is -0.507 e. The number of fused-ring (bicyclic) bond motifs is 1. The molecule has 78 valence electrons. The maximum absolute atomic E-state index is 10.1. The number of aromatic nitrogens is 1. The fraction of sp³-hybridized carbons (Fsp3) is 0.333. The standard InChI is InChI=1S/C12H14N2O/c13-12(5-1-6-12)9-2-3-10-8(11(9)15)4-7-14-10/h2-4,7,14-15H,1,5-6,13H2. The average molecular weight is 202 g/mol. The first-order chi connectivity index (χ1) is 7.21. The van der Waals surface area contributed by atoms with E-state index in [4.69, 9.17) is 5.73 Å². The highest BCUT2D eigenvalue weighted by molar-refractivity contribution is 5.87. The van der Waals surface area contributed by atoms with Gasteiger partial charge in [-0.15, -0.1) is 0 Å². The Morgan fingerprint density at radius 2 is 2.07 bits per heavy atom. The van der Waals surface area contributed by atoms with Gasteiger partial charge in [0.1, 0.15) is 5.75 Å². The zero-order valence-corrected chi connectivity index (χ0v) is 8.46. The molecule has 0 radical (unpaired) electrons. The summed E-state index contributed by atoms with van der Waals surface area (Å²) in [6, 6.07) is 5.81. The summed E-state index contributed by atoms with van der Waals surface area (Å²) in [5.41, 5.74) is 7.77. The van der Waals surface area contributed by atoms with Gasteiger partial charge in [-0.05, 0) is 31.4 Å². The van der Waals surface area contributed by atoms with Crippen LogP contribution in [0.25, 0.3) is 10.9 Å². The molecule has 1 aliphatic rings. The van der Waals surface area contributed by atoms with Gasteiger partial charge in [0.25, 0.3) is 0 Å². The van der Waals surface area contributed by atoms with Gasteiger partial charge >= 0.3 is 0 Å². The number of aromatic amines is 1. The Labute approximate surface area is 87.9 Å². The molecule has 1 aromatic carbocycles. The van der Waals surface area contributed by atoms with E-state index in [0.29, 0.717) is 5.75 Å². The summed E-state index contributed by atoms with van der Waals surface area (Å²) in [6.07, 6.45) is 4.92. The van der Waals surface area contributed by atoms with E-state index < -0.39 is 0 Å². The number of hydrogen-bond donors (Lipinski definition) is 3. The maximum Gasteiger partial charge on any atom is 0.129 e. The molecule has 3 heteroatoms. The van der Waals surface area contributed by atoms with Crippen LogP contribution in [0.4, 0.5) is 0 Å². The molecule has 1 saturated carbocycles. The van der Waals surface area contributed by atoms with Crippen molar-refractivity contribution in [3.8, 4) is 5.75 Å². The summed E-state index contributed by atoms with van der Waals surface area (Å²) in [5, 5.41) is 11.0. The van der Waals surface area contributed by atoms with E-state index in [-0.39, 0.29) is 5.54 Å². The third-order valence-corrected chi connectivity index (χ3v) is 3.49. The van der Waals surface area contributed by atoms with Crippen LogP contribution < -0.4 is 5.73 Å². The molecule has 1 fully saturated rings. The minimum atomic E-state index is -0.296. The number of rotatable bonds is 1. The smallest absolute Gasteiger partial charge is 0.129 e. The highest BCUT2D eigenvalue weighted by Crippen LogP contribution is 2.44. The lowest BCUT2D eigenvalue weighted by molar-refractivity contribution is 0.246. The molecule has 2 aromatic rings. The largest absolute Gasteiger partial charge is 0.507 e. The van der Waals surface area contributed by atoms with Crippen molar-refractivity contribution in [1.29, 1.82) is 0 Å². The first-order valence-electron chi connectivity index (χ1n) is 5.29. The maximum atomic E-state index is 10.1. The molecule has 0 bridgehead atoms. The van der Waals surface area contributed by atoms with Crippen molar-refractivity contribution in [2.24, 2.45) is 5.73 Å². The highest BCUT2D eigenvalue weighted by atomic mass is 16.3. The van der Waals surface area contributed by atoms with Crippen LogP contribution in [0.1, 0.15) is 24.8 Å². The number of hydrogen-bond acceptors (Lipinski definition) is 2. The van der Waals surface area contributed by atoms with Gasteiger partial charge in [-0.2, -0.15) is 0 Å². The van der Waals surface area contributed by atoms with Crippen LogP contribution in [0.3, 0.4) is 0 Å². The monoisotopic (exact) mass is 202 g/mol. The number of phenols is 1. The molecule has 4 N–H and O–H groups in total. The number of nitrogens with one attached hydrogen (secondary N) is 1. The third-order valence-electron chi connectivity index (χ3n) is 3.49. The molecular formula is C12H14N2O. The van der Waals surface area contributed by atoms with E-state index in [2.05, 4.69) is 4.98 Å². The second-order valence-electron chi connectivity index (χ2n) is 4.41. The number of nitrogens with two attached hydrogens (primary N) is 1. The normalized spacial score (nSPS) is 19.0. The molecule has 1 heterocycles. The van der Waals surface area contributed by atoms with E-state index in [9.17, 15) is 5.11 Å². The highest BCUT2D eigenvalue weighted by Gasteiger charge is 2.36. The Bertz CT molecular complexity index is 511. The average Bonchev–Trinajstić information content (AvgIpc) is 2.64. The molecule has 1 aliphatic carbocycles. The van der Waals surface area contributed by atoms with Gasteiger partial charge < -0.3 is 15.8 Å². The second kappa shape index (κ2) is 2.76. The van der Waals surface area contributed by atoms with Crippen LogP contribution in [0.15, 0.2) is 24.4 Å². The van der Waals surface area contributed by atoms with Gasteiger partial charge in [-0.1, -0.05) is 6.07 Å². The van der Waals surface area contributed by atoms with Gasteiger partial charge in [0, 0.05) is 28.2 Å². The van der Waals surface area contributed by atoms with Crippen LogP contribution in [0.2, 0.25) is 0 Å². The molecule has 0 amide bonds. The lowest BCUT2D eigenvalue weighted by Gasteiger charge is -2.39. The van der Waals surface area contributed by atoms with Gasteiger partial charge in [-0.25, -0.2) is 0 Å². The number of benzene rings is 1. The quantitative estimate of drug-likeness (QED) is 0.664. The number of aromatic hydroxyl groups is 1. The van der Waals surface area contributed by atoms with E-state index in [1.165, 1.54) is 0 Å². The Hall–Kier alpha value is -1.48. The molecule has 0 aliphatic heterocycles. The van der Waals surface area contributed by atoms with Gasteiger partial charge in [0.05, 0.1) is 0 Å². The van der Waals surface area contributed by atoms with E-state index in [1.54, 1.807) is 0 Å². The molecule has 0 saturated heterocycles. The van der Waals surface area contributed by atoms with Crippen molar-refractivity contribution in [3.63, 3.8) is 0 Å². The van der Waals surface area contributed by atoms with Gasteiger partial charge in [0.15, 0.2) is 0 Å². The molecular weight excluding hydrogens is 188 g/mol. The Morgan fingerprint density at radius 3 is 2.73 bits per heavy atom. The lowest BCUT2D eigenvalue weighted by Crippen LogP contribution is -2.43. The molecule has 0 spiro atoms. The van der Waals surface area contributed by atoms with Crippen LogP contribution in [-0.2, 0) is 5.54 Å². The van der Waals surface area contributed by atoms with E-state index in [1.807, 2.05) is 24.4 Å². The summed E-state index contributed by atoms with van der Waals surface area (Å²) >= 11 is 0. The third kappa shape index (κ3) is 1.10. The molecule has 15 heavy (non-hydrogen) atoms. The molecule has 0 atom stereocenters. The summed E-state index contributed by atoms with van der Waals surface area (Å²) in [4.78, 5) is 3.07. The Morgan fingerprint density at radius 1 is 1.27 bits per heavy atom. The Kier molecular flexibility index (Phi) is 1.62. The van der Waals surface area contributed by atoms with Crippen molar-refractivity contribution in [1.82, 2.24) is 4.98 Å². The van der Waals surface area contributed by atoms with Crippen molar-refractivity contribution in [2.45, 2.75) is 24.8 Å². The molecule has 3 nitrogen and oxygen atoms in total. The topological polar surface area (TPSA) is 62.0 Å². The fourth-order valence-electron chi connectivity index (χ4n) is 2.35. The minimum absolute atomic E-state index is 0.296. The number of H-pyrrole nitrogens is 1. The van der Waals surface area contributed by atoms with Crippen molar-refractivity contribution in [2.75, 3.05) is 0 Å². The first-order valence-corrected chi connectivity index (χ1v) is 5.29. The van der Waals surface area contributed by atoms with Crippen molar-refractivity contribution < 1.29 is 5.11 Å². The summed E-state index contributed by atoms with van der Waals surface area (Å²) in [6.45, 7) is 0. The van der Waals surface area contributed by atoms with Crippen molar-refractivity contribution in [3.05, 3.63) is 30.0 Å². The van der Waals surface area contributed by atoms with E-state index in [0.717, 1.165) is 35.7 Å².